The summed E-state index contributed by atoms with van der Waals surface area (Å²) in [4.78, 5) is 22.4. The van der Waals surface area contributed by atoms with E-state index in [1.165, 1.54) is 18.2 Å². The van der Waals surface area contributed by atoms with Gasteiger partial charge in [0.1, 0.15) is 12.4 Å². The lowest BCUT2D eigenvalue weighted by molar-refractivity contribution is -0.384. The normalized spacial score (nSPS) is 10.7. The molecule has 0 aliphatic rings. The Hall–Kier alpha value is -3.60. The minimum absolute atomic E-state index is 0.0307. The second-order valence-corrected chi connectivity index (χ2v) is 6.13. The van der Waals surface area contributed by atoms with Crippen LogP contribution in [0.2, 0.25) is 5.02 Å². The van der Waals surface area contributed by atoms with Crippen molar-refractivity contribution in [3.8, 4) is 5.75 Å². The number of carbonyl (C=O) groups excluding carboxylic acids is 1. The van der Waals surface area contributed by atoms with Gasteiger partial charge in [-0.1, -0.05) is 11.6 Å². The average Bonchev–Trinajstić information content (AvgIpc) is 3.17. The first-order valence-electron chi connectivity index (χ1n) is 7.97. The molecule has 0 atom stereocenters. The van der Waals surface area contributed by atoms with Crippen LogP contribution in [0.15, 0.2) is 40.8 Å². The number of non-ortho nitro benzene ring substituents is 1. The van der Waals surface area contributed by atoms with Crippen LogP contribution in [0.25, 0.3) is 0 Å². The molecule has 1 aromatic heterocycles. The van der Waals surface area contributed by atoms with E-state index in [1.54, 1.807) is 0 Å². The van der Waals surface area contributed by atoms with Crippen molar-refractivity contribution in [3.63, 3.8) is 0 Å². The fraction of sp³-hybridized carbons (Fsp3) is 0.0556. The fourth-order valence-electron chi connectivity index (χ4n) is 2.31. The van der Waals surface area contributed by atoms with Crippen molar-refractivity contribution in [1.82, 2.24) is 0 Å². The van der Waals surface area contributed by atoms with Crippen molar-refractivity contribution in [2.75, 3.05) is 5.32 Å². The Bertz CT molecular complexity index is 1130. The predicted molar refractivity (Wildman–Crippen MR) is 95.4 cm³/mol. The molecule has 3 rings (SSSR count). The molecule has 1 heterocycles. The second-order valence-electron chi connectivity index (χ2n) is 5.73. The maximum Gasteiger partial charge on any atom is 0.291 e. The molecule has 0 radical (unpaired) electrons. The summed E-state index contributed by atoms with van der Waals surface area (Å²) in [5.74, 6) is -9.24. The number of ether oxygens (including phenoxy) is 1. The third kappa shape index (κ3) is 4.35. The van der Waals surface area contributed by atoms with Crippen molar-refractivity contribution in [2.45, 2.75) is 6.61 Å². The molecule has 0 aliphatic heterocycles. The van der Waals surface area contributed by atoms with Gasteiger partial charge in [-0.15, -0.1) is 0 Å². The van der Waals surface area contributed by atoms with Crippen LogP contribution in [0.1, 0.15) is 16.3 Å². The molecule has 0 bridgehead atoms. The van der Waals surface area contributed by atoms with E-state index in [1.807, 2.05) is 0 Å². The number of hydrogen-bond acceptors (Lipinski definition) is 5. The zero-order valence-electron chi connectivity index (χ0n) is 14.5. The first-order valence-corrected chi connectivity index (χ1v) is 8.35. The van der Waals surface area contributed by atoms with Gasteiger partial charge in [0.2, 0.25) is 11.6 Å². The molecule has 7 nitrogen and oxygen atoms in total. The first kappa shape index (κ1) is 21.1. The van der Waals surface area contributed by atoms with Crippen LogP contribution in [0.3, 0.4) is 0 Å². The molecular weight excluding hydrogens is 436 g/mol. The van der Waals surface area contributed by atoms with E-state index < -0.39 is 46.5 Å². The molecule has 1 amide bonds. The highest BCUT2D eigenvalue weighted by molar-refractivity contribution is 6.34. The van der Waals surface area contributed by atoms with Gasteiger partial charge in [0.05, 0.1) is 15.6 Å². The monoisotopic (exact) mass is 444 g/mol. The third-order valence-electron chi connectivity index (χ3n) is 3.72. The lowest BCUT2D eigenvalue weighted by atomic mass is 10.2. The third-order valence-corrected chi connectivity index (χ3v) is 4.05. The van der Waals surface area contributed by atoms with Crippen molar-refractivity contribution in [1.29, 1.82) is 0 Å². The summed E-state index contributed by atoms with van der Waals surface area (Å²) in [5.41, 5.74) is -0.362. The minimum atomic E-state index is -1.72. The summed E-state index contributed by atoms with van der Waals surface area (Å²) in [5, 5.41) is 13.2. The van der Waals surface area contributed by atoms with Crippen LogP contribution in [-0.4, -0.2) is 10.8 Å². The summed E-state index contributed by atoms with van der Waals surface area (Å²) in [6.07, 6.45) is 0. The molecular formula is C18H9ClF4N2O5. The molecule has 30 heavy (non-hydrogen) atoms. The number of rotatable bonds is 6. The number of benzene rings is 2. The SMILES string of the molecule is O=C(Nc1cc([N+](=O)[O-])ccc1Cl)c1ccc(COc2c(F)c(F)cc(F)c2F)o1. The van der Waals surface area contributed by atoms with Crippen LogP contribution < -0.4 is 10.1 Å². The van der Waals surface area contributed by atoms with E-state index in [4.69, 9.17) is 20.8 Å². The van der Waals surface area contributed by atoms with Crippen LogP contribution in [0, 0.1) is 33.4 Å². The highest BCUT2D eigenvalue weighted by Crippen LogP contribution is 2.29. The van der Waals surface area contributed by atoms with Gasteiger partial charge in [0.25, 0.3) is 11.6 Å². The van der Waals surface area contributed by atoms with Crippen molar-refractivity contribution < 1.29 is 36.4 Å². The Labute approximate surface area is 170 Å². The molecule has 1 N–H and O–H groups in total. The van der Waals surface area contributed by atoms with Crippen molar-refractivity contribution >= 4 is 28.9 Å². The minimum Gasteiger partial charge on any atom is -0.479 e. The number of nitro benzene ring substituents is 1. The summed E-state index contributed by atoms with van der Waals surface area (Å²) >= 11 is 5.89. The van der Waals surface area contributed by atoms with Gasteiger partial charge in [-0.2, -0.15) is 8.78 Å². The smallest absolute Gasteiger partial charge is 0.291 e. The Balaban J connectivity index is 1.72. The first-order chi connectivity index (χ1) is 14.2. The molecule has 3 aromatic rings. The predicted octanol–water partition coefficient (Wildman–Crippen LogP) is 5.23. The highest BCUT2D eigenvalue weighted by Gasteiger charge is 2.21. The van der Waals surface area contributed by atoms with Gasteiger partial charge in [0, 0.05) is 18.2 Å². The lowest BCUT2D eigenvalue weighted by Crippen LogP contribution is -2.11. The number of halogens is 5. The molecule has 2 aromatic carbocycles. The van der Waals surface area contributed by atoms with Gasteiger partial charge in [-0.25, -0.2) is 8.78 Å². The highest BCUT2D eigenvalue weighted by atomic mass is 35.5. The molecule has 0 saturated carbocycles. The maximum absolute atomic E-state index is 13.6. The Kier molecular flexibility index (Phi) is 5.92. The van der Waals surface area contributed by atoms with Gasteiger partial charge in [-0.05, 0) is 18.2 Å². The lowest BCUT2D eigenvalue weighted by Gasteiger charge is -2.08. The van der Waals surface area contributed by atoms with Crippen molar-refractivity contribution in [2.24, 2.45) is 0 Å². The van der Waals surface area contributed by atoms with E-state index in [2.05, 4.69) is 5.32 Å². The van der Waals surface area contributed by atoms with Crippen LogP contribution in [-0.2, 0) is 6.61 Å². The van der Waals surface area contributed by atoms with E-state index in [9.17, 15) is 32.5 Å². The summed E-state index contributed by atoms with van der Waals surface area (Å²) < 4.78 is 63.4. The number of nitrogens with one attached hydrogen (secondary N) is 1. The van der Waals surface area contributed by atoms with Gasteiger partial charge in [-0.3, -0.25) is 14.9 Å². The van der Waals surface area contributed by atoms with E-state index in [-0.39, 0.29) is 34.0 Å². The molecule has 12 heteroatoms. The zero-order valence-corrected chi connectivity index (χ0v) is 15.3. The number of nitro groups is 1. The van der Waals surface area contributed by atoms with Gasteiger partial charge in [0.15, 0.2) is 23.1 Å². The van der Waals surface area contributed by atoms with Crippen LogP contribution >= 0.6 is 11.6 Å². The fourth-order valence-corrected chi connectivity index (χ4v) is 2.47. The van der Waals surface area contributed by atoms with Crippen LogP contribution in [0.5, 0.6) is 5.75 Å². The average molecular weight is 445 g/mol. The number of nitrogens with zero attached hydrogens (tertiary/aromatic N) is 1. The molecule has 0 aliphatic carbocycles. The summed E-state index contributed by atoms with van der Waals surface area (Å²) in [6.45, 7) is -0.651. The molecule has 0 unspecified atom stereocenters. The molecule has 156 valence electrons. The van der Waals surface area contributed by atoms with E-state index in [0.717, 1.165) is 12.1 Å². The van der Waals surface area contributed by atoms with Gasteiger partial charge < -0.3 is 14.5 Å². The van der Waals surface area contributed by atoms with E-state index in [0.29, 0.717) is 0 Å². The topological polar surface area (TPSA) is 94.6 Å². The van der Waals surface area contributed by atoms with Crippen LogP contribution in [0.4, 0.5) is 28.9 Å². The quantitative estimate of drug-likeness (QED) is 0.243. The summed E-state index contributed by atoms with van der Waals surface area (Å²) in [6, 6.07) is 5.84. The van der Waals surface area contributed by atoms with E-state index >= 15 is 0 Å². The number of hydrogen-bond donors (Lipinski definition) is 1. The standard InChI is InChI=1S/C18H9ClF4N2O5/c19-10-3-1-8(25(27)28)5-13(10)24-18(26)14-4-2-9(30-14)7-29-17-15(22)11(20)6-12(21)16(17)23/h1-6H,7H2,(H,24,26). The number of furan rings is 1. The van der Waals surface area contributed by atoms with Gasteiger partial charge >= 0.3 is 0 Å². The number of amides is 1. The van der Waals surface area contributed by atoms with Crippen molar-refractivity contribution in [3.05, 3.63) is 86.3 Å². The summed E-state index contributed by atoms with van der Waals surface area (Å²) in [7, 11) is 0. The molecule has 0 saturated heterocycles. The molecule has 0 spiro atoms. The number of carbonyl (C=O) groups is 1. The Morgan fingerprint density at radius 3 is 2.40 bits per heavy atom. The number of anilines is 1. The maximum atomic E-state index is 13.6. The Morgan fingerprint density at radius 1 is 1.10 bits per heavy atom. The second kappa shape index (κ2) is 8.41. The zero-order chi connectivity index (χ0) is 22.0. The Morgan fingerprint density at radius 2 is 1.77 bits per heavy atom. The largest absolute Gasteiger partial charge is 0.479 e. The molecule has 0 fully saturated rings.